The minimum atomic E-state index is -0.125. The summed E-state index contributed by atoms with van der Waals surface area (Å²) in [7, 11) is 1.60. The summed E-state index contributed by atoms with van der Waals surface area (Å²) in [6.07, 6.45) is 0. The van der Waals surface area contributed by atoms with Crippen molar-refractivity contribution >= 4 is 11.6 Å². The van der Waals surface area contributed by atoms with Crippen molar-refractivity contribution in [2.24, 2.45) is 0 Å². The first-order chi connectivity index (χ1) is 13.9. The van der Waals surface area contributed by atoms with Gasteiger partial charge in [0.2, 0.25) is 0 Å². The van der Waals surface area contributed by atoms with Gasteiger partial charge in [-0.2, -0.15) is 0 Å². The van der Waals surface area contributed by atoms with Crippen molar-refractivity contribution in [3.8, 4) is 16.9 Å². The summed E-state index contributed by atoms with van der Waals surface area (Å²) in [5.41, 5.74) is 6.15. The summed E-state index contributed by atoms with van der Waals surface area (Å²) in [5, 5.41) is 3.19. The van der Waals surface area contributed by atoms with E-state index in [1.807, 2.05) is 18.2 Å². The Kier molecular flexibility index (Phi) is 6.38. The van der Waals surface area contributed by atoms with E-state index < -0.39 is 0 Å². The van der Waals surface area contributed by atoms with Crippen LogP contribution in [0.1, 0.15) is 61.0 Å². The van der Waals surface area contributed by atoms with Gasteiger partial charge in [-0.3, -0.25) is 4.79 Å². The van der Waals surface area contributed by atoms with Gasteiger partial charge in [-0.25, -0.2) is 0 Å². The van der Waals surface area contributed by atoms with Gasteiger partial charge >= 0.3 is 0 Å². The predicted molar refractivity (Wildman–Crippen MR) is 121 cm³/mol. The maximum Gasteiger partial charge on any atom is 0.255 e. The van der Waals surface area contributed by atoms with E-state index in [1.165, 1.54) is 11.1 Å². The molecule has 0 radical (unpaired) electrons. The number of hydrogen-bond donors (Lipinski definition) is 1. The quantitative estimate of drug-likeness (QED) is 0.501. The van der Waals surface area contributed by atoms with Crippen LogP contribution < -0.4 is 10.1 Å². The van der Waals surface area contributed by atoms with Gasteiger partial charge in [0.1, 0.15) is 5.75 Å². The molecule has 0 unspecified atom stereocenters. The van der Waals surface area contributed by atoms with Crippen molar-refractivity contribution in [2.75, 3.05) is 12.4 Å². The van der Waals surface area contributed by atoms with Gasteiger partial charge < -0.3 is 10.1 Å². The Labute approximate surface area is 173 Å². The lowest BCUT2D eigenvalue weighted by Crippen LogP contribution is -2.16. The number of hydrogen-bond acceptors (Lipinski definition) is 2. The molecule has 0 heterocycles. The Hall–Kier alpha value is -3.07. The lowest BCUT2D eigenvalue weighted by Gasteiger charge is -2.22. The fourth-order valence-corrected chi connectivity index (χ4v) is 3.49. The number of nitrogens with one attached hydrogen (secondary N) is 1. The summed E-state index contributed by atoms with van der Waals surface area (Å²) in [4.78, 5) is 13.0. The Morgan fingerprint density at radius 2 is 1.41 bits per heavy atom. The largest absolute Gasteiger partial charge is 0.497 e. The number of carbonyl (C=O) groups excluding carboxylic acids is 1. The fourth-order valence-electron chi connectivity index (χ4n) is 3.49. The second kappa shape index (κ2) is 8.95. The smallest absolute Gasteiger partial charge is 0.255 e. The molecule has 3 aromatic carbocycles. The second-order valence-corrected chi connectivity index (χ2v) is 7.89. The van der Waals surface area contributed by atoms with Gasteiger partial charge in [-0.1, -0.05) is 64.1 Å². The molecule has 0 bridgehead atoms. The molecule has 29 heavy (non-hydrogen) atoms. The molecule has 0 fully saturated rings. The van der Waals surface area contributed by atoms with Gasteiger partial charge in [0.15, 0.2) is 0 Å². The zero-order valence-corrected chi connectivity index (χ0v) is 17.8. The minimum Gasteiger partial charge on any atom is -0.497 e. The maximum atomic E-state index is 13.0. The third-order valence-corrected chi connectivity index (χ3v) is 5.12. The molecule has 0 atom stereocenters. The average Bonchev–Trinajstić information content (AvgIpc) is 2.74. The maximum absolute atomic E-state index is 13.0. The molecule has 0 aliphatic carbocycles. The predicted octanol–water partition coefficient (Wildman–Crippen LogP) is 6.86. The van der Waals surface area contributed by atoms with E-state index in [0.717, 1.165) is 16.8 Å². The molecule has 1 N–H and O–H groups in total. The molecule has 0 aromatic heterocycles. The minimum absolute atomic E-state index is 0.125. The molecular weight excluding hydrogens is 358 g/mol. The van der Waals surface area contributed by atoms with Crippen molar-refractivity contribution in [1.29, 1.82) is 0 Å². The first-order valence-electron chi connectivity index (χ1n) is 10.1. The van der Waals surface area contributed by atoms with Crippen LogP contribution in [0.5, 0.6) is 5.75 Å². The van der Waals surface area contributed by atoms with Crippen molar-refractivity contribution in [1.82, 2.24) is 0 Å². The van der Waals surface area contributed by atoms with E-state index in [9.17, 15) is 4.79 Å². The van der Waals surface area contributed by atoms with Crippen molar-refractivity contribution in [3.05, 3.63) is 83.4 Å². The van der Waals surface area contributed by atoms with E-state index in [2.05, 4.69) is 69.4 Å². The Morgan fingerprint density at radius 3 is 1.97 bits per heavy atom. The average molecular weight is 388 g/mol. The molecule has 1 amide bonds. The number of ether oxygens (including phenoxy) is 1. The van der Waals surface area contributed by atoms with E-state index in [0.29, 0.717) is 11.3 Å². The number of anilines is 1. The summed E-state index contributed by atoms with van der Waals surface area (Å²) in [5.74, 6) is 1.10. The molecule has 0 spiro atoms. The first-order valence-corrected chi connectivity index (χ1v) is 10.1. The van der Waals surface area contributed by atoms with Gasteiger partial charge in [0, 0.05) is 11.3 Å². The molecular formula is C26H29NO2. The van der Waals surface area contributed by atoms with Gasteiger partial charge in [0.05, 0.1) is 7.11 Å². The van der Waals surface area contributed by atoms with Crippen LogP contribution >= 0.6 is 0 Å². The highest BCUT2D eigenvalue weighted by Crippen LogP contribution is 2.37. The summed E-state index contributed by atoms with van der Waals surface area (Å²) in [6.45, 7) is 8.65. The Bertz CT molecular complexity index is 962. The van der Waals surface area contributed by atoms with Crippen LogP contribution in [0.25, 0.3) is 11.1 Å². The molecule has 3 rings (SSSR count). The standard InChI is InChI=1S/C26H29NO2/c1-17(2)23-15-21(19-10-7-6-8-11-19)16-24(18(3)4)25(23)27-26(28)20-12-9-13-22(14-20)29-5/h6-18H,1-5H3,(H,27,28). The topological polar surface area (TPSA) is 38.3 Å². The number of rotatable bonds is 6. The van der Waals surface area contributed by atoms with E-state index in [1.54, 1.807) is 19.2 Å². The highest BCUT2D eigenvalue weighted by atomic mass is 16.5. The molecule has 0 aliphatic rings. The molecule has 0 saturated heterocycles. The van der Waals surface area contributed by atoms with Crippen LogP contribution in [0, 0.1) is 0 Å². The molecule has 150 valence electrons. The number of carbonyl (C=O) groups is 1. The monoisotopic (exact) mass is 387 g/mol. The third-order valence-electron chi connectivity index (χ3n) is 5.12. The lowest BCUT2D eigenvalue weighted by atomic mass is 9.88. The molecule has 0 aliphatic heterocycles. The van der Waals surface area contributed by atoms with E-state index in [4.69, 9.17) is 4.74 Å². The molecule has 3 heteroatoms. The summed E-state index contributed by atoms with van der Waals surface area (Å²) in [6, 6.07) is 22.0. The van der Waals surface area contributed by atoms with Crippen LogP contribution in [-0.2, 0) is 0 Å². The van der Waals surface area contributed by atoms with Crippen LogP contribution in [-0.4, -0.2) is 13.0 Å². The van der Waals surface area contributed by atoms with Crippen LogP contribution in [0.3, 0.4) is 0 Å². The molecule has 0 saturated carbocycles. The molecule has 3 nitrogen and oxygen atoms in total. The third kappa shape index (κ3) is 4.68. The normalized spacial score (nSPS) is 11.0. The Balaban J connectivity index is 2.08. The van der Waals surface area contributed by atoms with E-state index >= 15 is 0 Å². The zero-order chi connectivity index (χ0) is 21.0. The van der Waals surface area contributed by atoms with Crippen molar-refractivity contribution in [3.63, 3.8) is 0 Å². The Morgan fingerprint density at radius 1 is 0.793 bits per heavy atom. The van der Waals surface area contributed by atoms with Crippen LogP contribution in [0.2, 0.25) is 0 Å². The van der Waals surface area contributed by atoms with Crippen molar-refractivity contribution < 1.29 is 9.53 Å². The summed E-state index contributed by atoms with van der Waals surface area (Å²) >= 11 is 0. The number of methoxy groups -OCH3 is 1. The highest BCUT2D eigenvalue weighted by molar-refractivity contribution is 6.05. The van der Waals surface area contributed by atoms with Gasteiger partial charge in [-0.15, -0.1) is 0 Å². The van der Waals surface area contributed by atoms with Gasteiger partial charge in [-0.05, 0) is 64.4 Å². The van der Waals surface area contributed by atoms with Crippen molar-refractivity contribution in [2.45, 2.75) is 39.5 Å². The van der Waals surface area contributed by atoms with Gasteiger partial charge in [0.25, 0.3) is 5.91 Å². The van der Waals surface area contributed by atoms with E-state index in [-0.39, 0.29) is 17.7 Å². The second-order valence-electron chi connectivity index (χ2n) is 7.89. The molecule has 3 aromatic rings. The fraction of sp³-hybridized carbons (Fsp3) is 0.269. The summed E-state index contributed by atoms with van der Waals surface area (Å²) < 4.78 is 5.26. The lowest BCUT2D eigenvalue weighted by molar-refractivity contribution is 0.102. The zero-order valence-electron chi connectivity index (χ0n) is 17.8. The van der Waals surface area contributed by atoms with Crippen LogP contribution in [0.4, 0.5) is 5.69 Å². The highest BCUT2D eigenvalue weighted by Gasteiger charge is 2.19. The number of amides is 1. The SMILES string of the molecule is COc1cccc(C(=O)Nc2c(C(C)C)cc(-c3ccccc3)cc2C(C)C)c1. The van der Waals surface area contributed by atoms with Crippen LogP contribution in [0.15, 0.2) is 66.7 Å². The first kappa shape index (κ1) is 20.7. The number of benzene rings is 3.